The van der Waals surface area contributed by atoms with Gasteiger partial charge in [0.2, 0.25) is 0 Å². The van der Waals surface area contributed by atoms with Gasteiger partial charge in [0, 0.05) is 11.0 Å². The molecule has 194 valence electrons. The van der Waals surface area contributed by atoms with Crippen LogP contribution in [0.2, 0.25) is 0 Å². The van der Waals surface area contributed by atoms with Crippen LogP contribution >= 0.6 is 0 Å². The van der Waals surface area contributed by atoms with Crippen LogP contribution in [0.15, 0.2) is 60.7 Å². The van der Waals surface area contributed by atoms with Crippen LogP contribution in [-0.4, -0.2) is 21.8 Å². The van der Waals surface area contributed by atoms with E-state index in [1.54, 1.807) is 0 Å². The smallest absolute Gasteiger partial charge is 0.307 e. The zero-order valence-electron chi connectivity index (χ0n) is 23.1. The molecule has 0 spiro atoms. The third kappa shape index (κ3) is 6.14. The predicted octanol–water partition coefficient (Wildman–Crippen LogP) is 7.61. The lowest BCUT2D eigenvalue weighted by atomic mass is 9.69. The Labute approximate surface area is 222 Å². The van der Waals surface area contributed by atoms with E-state index in [-0.39, 0.29) is 11.8 Å². The Kier molecular flexibility index (Phi) is 9.00. The Morgan fingerprint density at radius 3 is 1.84 bits per heavy atom. The number of hydrogen-bond acceptors (Lipinski definition) is 2. The van der Waals surface area contributed by atoms with Crippen molar-refractivity contribution in [2.45, 2.75) is 84.7 Å². The van der Waals surface area contributed by atoms with Crippen LogP contribution in [0.25, 0.3) is 11.1 Å². The zero-order chi connectivity index (χ0) is 27.2. The lowest BCUT2D eigenvalue weighted by Crippen LogP contribution is -2.26. The third-order valence-corrected chi connectivity index (χ3v) is 7.99. The summed E-state index contributed by atoms with van der Waals surface area (Å²) >= 11 is 0. The van der Waals surface area contributed by atoms with E-state index in [1.165, 1.54) is 16.7 Å². The molecular formula is C34H40O3. The molecular weight excluding hydrogens is 456 g/mol. The van der Waals surface area contributed by atoms with Gasteiger partial charge in [0.25, 0.3) is 0 Å². The summed E-state index contributed by atoms with van der Waals surface area (Å²) in [5.41, 5.74) is 7.88. The van der Waals surface area contributed by atoms with E-state index in [4.69, 9.17) is 5.11 Å². The second-order valence-electron chi connectivity index (χ2n) is 10.1. The fourth-order valence-electron chi connectivity index (χ4n) is 5.21. The van der Waals surface area contributed by atoms with Gasteiger partial charge in [-0.25, -0.2) is 0 Å². The monoisotopic (exact) mass is 496 g/mol. The Morgan fingerprint density at radius 1 is 0.784 bits per heavy atom. The van der Waals surface area contributed by atoms with E-state index in [2.05, 4.69) is 75.9 Å². The van der Waals surface area contributed by atoms with Crippen molar-refractivity contribution in [2.24, 2.45) is 0 Å². The molecule has 0 aliphatic rings. The summed E-state index contributed by atoms with van der Waals surface area (Å²) < 4.78 is 0. The Morgan fingerprint density at radius 2 is 1.35 bits per heavy atom. The number of rotatable bonds is 9. The topological polar surface area (TPSA) is 57.5 Å². The molecule has 0 aromatic heterocycles. The minimum atomic E-state index is -0.933. The van der Waals surface area contributed by atoms with Crippen LogP contribution in [0.1, 0.15) is 86.8 Å². The summed E-state index contributed by atoms with van der Waals surface area (Å²) in [6, 6.07) is 21.1. The number of aryl methyl sites for hydroxylation is 2. The van der Waals surface area contributed by atoms with Crippen LogP contribution in [0.4, 0.5) is 0 Å². The average Bonchev–Trinajstić information content (AvgIpc) is 2.89. The lowest BCUT2D eigenvalue weighted by Gasteiger charge is -2.34. The molecule has 3 nitrogen and oxygen atoms in total. The summed E-state index contributed by atoms with van der Waals surface area (Å²) in [4.78, 5) is 11.0. The first-order chi connectivity index (χ1) is 17.6. The Hall–Kier alpha value is -3.35. The number of hydrogen-bond donors (Lipinski definition) is 2. The van der Waals surface area contributed by atoms with Crippen molar-refractivity contribution in [2.75, 3.05) is 0 Å². The molecule has 0 atom stereocenters. The second-order valence-corrected chi connectivity index (χ2v) is 10.1. The first kappa shape index (κ1) is 28.2. The van der Waals surface area contributed by atoms with E-state index < -0.39 is 11.6 Å². The summed E-state index contributed by atoms with van der Waals surface area (Å²) in [5, 5.41) is 19.6. The van der Waals surface area contributed by atoms with E-state index >= 15 is 0 Å². The number of benzene rings is 3. The highest BCUT2D eigenvalue weighted by molar-refractivity contribution is 5.72. The SMILES string of the molecule is CCC(O)(C#Cc1ccc(C(CC)(CC)c2ccc(-c3ccc(CC(=O)O)cc3)c(C)c2)cc1C)CC. The van der Waals surface area contributed by atoms with Crippen molar-refractivity contribution in [3.8, 4) is 23.0 Å². The van der Waals surface area contributed by atoms with Gasteiger partial charge in [-0.15, -0.1) is 0 Å². The van der Waals surface area contributed by atoms with Crippen LogP contribution < -0.4 is 0 Å². The highest BCUT2D eigenvalue weighted by Gasteiger charge is 2.31. The van der Waals surface area contributed by atoms with Crippen molar-refractivity contribution in [1.29, 1.82) is 0 Å². The summed E-state index contributed by atoms with van der Waals surface area (Å²) in [7, 11) is 0. The summed E-state index contributed by atoms with van der Waals surface area (Å²) in [6.45, 7) is 12.7. The molecule has 0 saturated carbocycles. The van der Waals surface area contributed by atoms with Gasteiger partial charge >= 0.3 is 5.97 Å². The van der Waals surface area contributed by atoms with Gasteiger partial charge in [0.15, 0.2) is 0 Å². The molecule has 37 heavy (non-hydrogen) atoms. The van der Waals surface area contributed by atoms with Gasteiger partial charge in [-0.05, 0) is 84.5 Å². The van der Waals surface area contributed by atoms with Gasteiger partial charge in [0.05, 0.1) is 6.42 Å². The molecule has 3 aromatic carbocycles. The molecule has 0 amide bonds. The van der Waals surface area contributed by atoms with E-state index in [0.29, 0.717) is 12.8 Å². The van der Waals surface area contributed by atoms with Crippen LogP contribution in [0.3, 0.4) is 0 Å². The molecule has 0 bridgehead atoms. The summed E-state index contributed by atoms with van der Waals surface area (Å²) in [6.07, 6.45) is 3.22. The number of carboxylic acid groups (broad SMARTS) is 1. The fraction of sp³-hybridized carbons (Fsp3) is 0.382. The minimum absolute atomic E-state index is 0.0373. The fourth-order valence-corrected chi connectivity index (χ4v) is 5.21. The highest BCUT2D eigenvalue weighted by Crippen LogP contribution is 2.41. The van der Waals surface area contributed by atoms with Crippen molar-refractivity contribution < 1.29 is 15.0 Å². The molecule has 0 saturated heterocycles. The molecule has 2 N–H and O–H groups in total. The second kappa shape index (κ2) is 11.8. The van der Waals surface area contributed by atoms with Crippen molar-refractivity contribution in [1.82, 2.24) is 0 Å². The zero-order valence-corrected chi connectivity index (χ0v) is 23.1. The van der Waals surface area contributed by atoms with E-state index in [9.17, 15) is 9.90 Å². The molecule has 3 heteroatoms. The standard InChI is InChI=1S/C34H40O3/c1-7-33(37,8-2)20-19-27-15-16-29(21-24(27)5)34(9-3,10-4)30-17-18-31(25(6)22-30)28-13-11-26(12-14-28)23-32(35)36/h11-18,21-22,37H,7-10,23H2,1-6H3,(H,35,36). The molecule has 3 aromatic rings. The molecule has 0 aliphatic carbocycles. The molecule has 0 heterocycles. The molecule has 0 radical (unpaired) electrons. The number of carbonyl (C=O) groups is 1. The van der Waals surface area contributed by atoms with Crippen LogP contribution in [0.5, 0.6) is 0 Å². The maximum atomic E-state index is 11.0. The van der Waals surface area contributed by atoms with Crippen molar-refractivity contribution >= 4 is 5.97 Å². The lowest BCUT2D eigenvalue weighted by molar-refractivity contribution is -0.136. The molecule has 0 unspecified atom stereocenters. The number of aliphatic carboxylic acids is 1. The quantitative estimate of drug-likeness (QED) is 0.300. The first-order valence-electron chi connectivity index (χ1n) is 13.4. The Bertz CT molecular complexity index is 1300. The summed E-state index contributed by atoms with van der Waals surface area (Å²) in [5.74, 6) is 5.50. The van der Waals surface area contributed by atoms with Crippen LogP contribution in [0, 0.1) is 25.7 Å². The maximum Gasteiger partial charge on any atom is 0.307 e. The van der Waals surface area contributed by atoms with Crippen molar-refractivity contribution in [3.63, 3.8) is 0 Å². The van der Waals surface area contributed by atoms with Gasteiger partial charge in [-0.1, -0.05) is 94.1 Å². The molecule has 0 fully saturated rings. The highest BCUT2D eigenvalue weighted by atomic mass is 16.4. The van der Waals surface area contributed by atoms with Crippen molar-refractivity contribution in [3.05, 3.63) is 94.0 Å². The third-order valence-electron chi connectivity index (χ3n) is 7.99. The first-order valence-corrected chi connectivity index (χ1v) is 13.4. The average molecular weight is 497 g/mol. The number of carboxylic acids is 1. The van der Waals surface area contributed by atoms with Gasteiger partial charge in [0.1, 0.15) is 5.60 Å². The van der Waals surface area contributed by atoms with Gasteiger partial charge in [-0.2, -0.15) is 0 Å². The number of aliphatic hydroxyl groups is 1. The van der Waals surface area contributed by atoms with E-state index in [1.807, 2.05) is 38.1 Å². The van der Waals surface area contributed by atoms with E-state index in [0.717, 1.165) is 40.7 Å². The maximum absolute atomic E-state index is 11.0. The van der Waals surface area contributed by atoms with Crippen LogP contribution in [-0.2, 0) is 16.6 Å². The largest absolute Gasteiger partial charge is 0.481 e. The molecule has 0 aliphatic heterocycles. The minimum Gasteiger partial charge on any atom is -0.481 e. The Balaban J connectivity index is 1.98. The predicted molar refractivity (Wildman–Crippen MR) is 153 cm³/mol. The molecule has 3 rings (SSSR count). The van der Waals surface area contributed by atoms with Gasteiger partial charge < -0.3 is 10.2 Å². The normalized spacial score (nSPS) is 11.6. The van der Waals surface area contributed by atoms with Gasteiger partial charge in [-0.3, -0.25) is 4.79 Å².